The second-order valence-corrected chi connectivity index (χ2v) is 8.62. The number of aromatic hydroxyl groups is 1. The molecule has 38 heavy (non-hydrogen) atoms. The summed E-state index contributed by atoms with van der Waals surface area (Å²) in [6.07, 6.45) is 0.125. The highest BCUT2D eigenvalue weighted by Crippen LogP contribution is 2.20. The van der Waals surface area contributed by atoms with Gasteiger partial charge in [0.1, 0.15) is 18.1 Å². The van der Waals surface area contributed by atoms with Crippen LogP contribution in [0.4, 0.5) is 10.5 Å². The zero-order chi connectivity index (χ0) is 27.3. The number of nitro benzene ring substituents is 1. The summed E-state index contributed by atoms with van der Waals surface area (Å²) in [5.41, 5.74) is 1.89. The number of carbonyl (C=O) groups is 3. The smallest absolute Gasteiger partial charge is 0.407 e. The summed E-state index contributed by atoms with van der Waals surface area (Å²) in [7, 11) is 0. The fourth-order valence-electron chi connectivity index (χ4n) is 3.75. The number of nitro groups is 1. The summed E-state index contributed by atoms with van der Waals surface area (Å²) in [4.78, 5) is 47.9. The number of phenolic OH excluding ortho intramolecular Hbond substituents is 1. The molecule has 0 aliphatic rings. The first-order valence-corrected chi connectivity index (χ1v) is 12.1. The van der Waals surface area contributed by atoms with Crippen molar-refractivity contribution in [1.29, 1.82) is 0 Å². The molecule has 0 radical (unpaired) electrons. The third-order valence-corrected chi connectivity index (χ3v) is 5.73. The van der Waals surface area contributed by atoms with Crippen molar-refractivity contribution < 1.29 is 29.2 Å². The number of alkyl carbamates (subject to hydrolysis) is 1. The lowest BCUT2D eigenvalue weighted by Crippen LogP contribution is -2.38. The molecule has 3 aromatic carbocycles. The van der Waals surface area contributed by atoms with Crippen LogP contribution in [0.2, 0.25) is 0 Å². The van der Waals surface area contributed by atoms with Crippen molar-refractivity contribution in [3.05, 3.63) is 106 Å². The van der Waals surface area contributed by atoms with Crippen molar-refractivity contribution in [2.24, 2.45) is 0 Å². The number of nitrogens with one attached hydrogen (secondary N) is 2. The maximum atomic E-state index is 13.0. The van der Waals surface area contributed by atoms with Gasteiger partial charge in [0, 0.05) is 38.1 Å². The number of nitrogens with zero attached hydrogens (tertiary/aromatic N) is 1. The van der Waals surface area contributed by atoms with E-state index in [-0.39, 0.29) is 49.8 Å². The summed E-state index contributed by atoms with van der Waals surface area (Å²) < 4.78 is 5.20. The monoisotopic (exact) mass is 519 g/mol. The SMILES string of the molecule is O=C(CCCNC(=O)C(CNC(=O)OCc1ccccc1)c1ccc([N+](=O)[O-])cc1)Cc1cccc(O)c1. The fraction of sp³-hybridized carbons (Fsp3) is 0.250. The summed E-state index contributed by atoms with van der Waals surface area (Å²) in [6, 6.07) is 21.1. The molecular formula is C28H29N3O7. The maximum absolute atomic E-state index is 13.0. The van der Waals surface area contributed by atoms with Crippen LogP contribution in [-0.4, -0.2) is 40.9 Å². The van der Waals surface area contributed by atoms with Crippen molar-refractivity contribution in [3.63, 3.8) is 0 Å². The molecule has 1 atom stereocenters. The summed E-state index contributed by atoms with van der Waals surface area (Å²) in [5, 5.41) is 25.9. The van der Waals surface area contributed by atoms with E-state index in [4.69, 9.17) is 4.74 Å². The van der Waals surface area contributed by atoms with E-state index < -0.39 is 22.8 Å². The van der Waals surface area contributed by atoms with Crippen LogP contribution in [0.15, 0.2) is 78.9 Å². The summed E-state index contributed by atoms with van der Waals surface area (Å²) in [5.74, 6) is -1.16. The number of hydrogen-bond acceptors (Lipinski definition) is 7. The zero-order valence-corrected chi connectivity index (χ0v) is 20.7. The molecule has 0 bridgehead atoms. The van der Waals surface area contributed by atoms with E-state index in [2.05, 4.69) is 10.6 Å². The van der Waals surface area contributed by atoms with Crippen LogP contribution in [-0.2, 0) is 27.4 Å². The molecule has 0 saturated carbocycles. The first kappa shape index (κ1) is 27.9. The lowest BCUT2D eigenvalue weighted by atomic mass is 9.97. The Morgan fingerprint density at radius 2 is 1.63 bits per heavy atom. The van der Waals surface area contributed by atoms with Crippen LogP contribution in [0, 0.1) is 10.1 Å². The van der Waals surface area contributed by atoms with Gasteiger partial charge in [-0.1, -0.05) is 54.6 Å². The Morgan fingerprint density at radius 1 is 0.921 bits per heavy atom. The van der Waals surface area contributed by atoms with Gasteiger partial charge >= 0.3 is 6.09 Å². The summed E-state index contributed by atoms with van der Waals surface area (Å²) in [6.45, 7) is 0.206. The van der Waals surface area contributed by atoms with E-state index in [0.29, 0.717) is 17.5 Å². The Balaban J connectivity index is 1.53. The molecule has 0 aliphatic carbocycles. The molecular weight excluding hydrogens is 490 g/mol. The van der Waals surface area contributed by atoms with Crippen molar-refractivity contribution in [3.8, 4) is 5.75 Å². The molecule has 3 aromatic rings. The highest BCUT2D eigenvalue weighted by Gasteiger charge is 2.22. The highest BCUT2D eigenvalue weighted by molar-refractivity contribution is 5.85. The lowest BCUT2D eigenvalue weighted by molar-refractivity contribution is -0.384. The van der Waals surface area contributed by atoms with Gasteiger partial charge in [-0.2, -0.15) is 0 Å². The Morgan fingerprint density at radius 3 is 2.32 bits per heavy atom. The molecule has 0 heterocycles. The molecule has 0 saturated heterocycles. The van der Waals surface area contributed by atoms with Gasteiger partial charge in [-0.15, -0.1) is 0 Å². The topological polar surface area (TPSA) is 148 Å². The Kier molecular flexibility index (Phi) is 10.3. The largest absolute Gasteiger partial charge is 0.508 e. The van der Waals surface area contributed by atoms with Crippen molar-refractivity contribution in [1.82, 2.24) is 10.6 Å². The van der Waals surface area contributed by atoms with Gasteiger partial charge < -0.3 is 20.5 Å². The fourth-order valence-corrected chi connectivity index (χ4v) is 3.75. The number of non-ortho nitro benzene ring substituents is 1. The predicted molar refractivity (Wildman–Crippen MR) is 140 cm³/mol. The van der Waals surface area contributed by atoms with Gasteiger partial charge in [0.05, 0.1) is 10.8 Å². The van der Waals surface area contributed by atoms with E-state index in [9.17, 15) is 29.6 Å². The van der Waals surface area contributed by atoms with Gasteiger partial charge in [0.15, 0.2) is 0 Å². The second-order valence-electron chi connectivity index (χ2n) is 8.62. The molecule has 10 nitrogen and oxygen atoms in total. The van der Waals surface area contributed by atoms with Crippen LogP contribution in [0.3, 0.4) is 0 Å². The molecule has 0 fully saturated rings. The average Bonchev–Trinajstić information content (AvgIpc) is 2.91. The third-order valence-electron chi connectivity index (χ3n) is 5.73. The minimum Gasteiger partial charge on any atom is -0.508 e. The predicted octanol–water partition coefficient (Wildman–Crippen LogP) is 4.02. The second kappa shape index (κ2) is 14.1. The van der Waals surface area contributed by atoms with E-state index >= 15 is 0 Å². The highest BCUT2D eigenvalue weighted by atomic mass is 16.6. The number of ketones is 1. The number of ether oxygens (including phenoxy) is 1. The number of Topliss-reactive ketones (excluding diaryl/α,β-unsaturated/α-hetero) is 1. The Labute approximate surface area is 219 Å². The van der Waals surface area contributed by atoms with Crippen molar-refractivity contribution in [2.45, 2.75) is 31.8 Å². The van der Waals surface area contributed by atoms with Crippen LogP contribution in [0.1, 0.15) is 35.4 Å². The third kappa shape index (κ3) is 9.05. The van der Waals surface area contributed by atoms with Gasteiger partial charge in [-0.25, -0.2) is 4.79 Å². The molecule has 3 rings (SSSR count). The zero-order valence-electron chi connectivity index (χ0n) is 20.7. The van der Waals surface area contributed by atoms with Crippen molar-refractivity contribution in [2.75, 3.05) is 13.1 Å². The normalized spacial score (nSPS) is 11.3. The maximum Gasteiger partial charge on any atom is 0.407 e. The molecule has 0 aromatic heterocycles. The van der Waals surface area contributed by atoms with Crippen molar-refractivity contribution >= 4 is 23.5 Å². The molecule has 1 unspecified atom stereocenters. The van der Waals surface area contributed by atoms with Crippen LogP contribution >= 0.6 is 0 Å². The summed E-state index contributed by atoms with van der Waals surface area (Å²) >= 11 is 0. The molecule has 0 aliphatic heterocycles. The minimum atomic E-state index is -0.830. The molecule has 3 N–H and O–H groups in total. The van der Waals surface area contributed by atoms with Crippen LogP contribution in [0.25, 0.3) is 0 Å². The number of amides is 2. The van der Waals surface area contributed by atoms with Gasteiger partial charge in [0.2, 0.25) is 5.91 Å². The van der Waals surface area contributed by atoms with E-state index in [1.54, 1.807) is 12.1 Å². The number of benzene rings is 3. The number of rotatable bonds is 13. The van der Waals surface area contributed by atoms with E-state index in [1.807, 2.05) is 30.3 Å². The van der Waals surface area contributed by atoms with E-state index in [0.717, 1.165) is 5.56 Å². The number of carbonyl (C=O) groups excluding carboxylic acids is 3. The lowest BCUT2D eigenvalue weighted by Gasteiger charge is -2.18. The van der Waals surface area contributed by atoms with Crippen LogP contribution < -0.4 is 10.6 Å². The van der Waals surface area contributed by atoms with Gasteiger partial charge in [-0.05, 0) is 35.2 Å². The quantitative estimate of drug-likeness (QED) is 0.175. The van der Waals surface area contributed by atoms with Gasteiger partial charge in [0.25, 0.3) is 5.69 Å². The molecule has 198 valence electrons. The first-order valence-electron chi connectivity index (χ1n) is 12.1. The molecule has 10 heteroatoms. The first-order chi connectivity index (χ1) is 18.3. The number of hydrogen-bond donors (Lipinski definition) is 3. The minimum absolute atomic E-state index is 0.0282. The Bertz CT molecular complexity index is 1250. The van der Waals surface area contributed by atoms with Gasteiger partial charge in [-0.3, -0.25) is 19.7 Å². The molecule has 2 amide bonds. The standard InChI is InChI=1S/C28H29N3O7/c32-24-9-4-8-21(16-24)17-25(33)10-5-15-29-27(34)26(22-11-13-23(14-12-22)31(36)37)18-30-28(35)38-19-20-6-2-1-3-7-20/h1-4,6-9,11-14,16,26,32H,5,10,15,17-19H2,(H,29,34)(H,30,35). The Hall–Kier alpha value is -4.73. The average molecular weight is 520 g/mol. The molecule has 0 spiro atoms. The van der Waals surface area contributed by atoms with Crippen LogP contribution in [0.5, 0.6) is 5.75 Å². The van der Waals surface area contributed by atoms with E-state index in [1.165, 1.54) is 36.4 Å². The number of phenols is 1.